The molecule has 2 amide bonds. The zero-order valence-electron chi connectivity index (χ0n) is 13.4. The maximum atomic E-state index is 12.2. The van der Waals surface area contributed by atoms with E-state index in [-0.39, 0.29) is 29.7 Å². The predicted molar refractivity (Wildman–Crippen MR) is 82.8 cm³/mol. The molecule has 4 nitrogen and oxygen atoms in total. The Kier molecular flexibility index (Phi) is 4.47. The second-order valence-corrected chi connectivity index (χ2v) is 6.05. The molecule has 1 heterocycles. The van der Waals surface area contributed by atoms with Crippen LogP contribution in [-0.2, 0) is 9.59 Å². The number of nitrogens with zero attached hydrogens (tertiary/aromatic N) is 1. The predicted octanol–water partition coefficient (Wildman–Crippen LogP) is 2.20. The van der Waals surface area contributed by atoms with Gasteiger partial charge in [-0.1, -0.05) is 32.0 Å². The van der Waals surface area contributed by atoms with Crippen LogP contribution in [0.25, 0.3) is 0 Å². The summed E-state index contributed by atoms with van der Waals surface area (Å²) in [5.74, 6) is -0.544. The van der Waals surface area contributed by atoms with E-state index >= 15 is 0 Å². The van der Waals surface area contributed by atoms with Crippen LogP contribution >= 0.6 is 0 Å². The number of amides is 2. The normalized spacial score (nSPS) is 23.8. The maximum absolute atomic E-state index is 12.2. The van der Waals surface area contributed by atoms with Crippen molar-refractivity contribution >= 4 is 11.8 Å². The van der Waals surface area contributed by atoms with Gasteiger partial charge in [0.1, 0.15) is 0 Å². The Morgan fingerprint density at radius 1 is 1.10 bits per heavy atom. The number of carbonyl (C=O) groups is 2. The zero-order chi connectivity index (χ0) is 15.7. The quantitative estimate of drug-likeness (QED) is 0.864. The summed E-state index contributed by atoms with van der Waals surface area (Å²) < 4.78 is 0. The monoisotopic (exact) mass is 288 g/mol. The molecule has 21 heavy (non-hydrogen) atoms. The fraction of sp³-hybridized carbons (Fsp3) is 0.529. The van der Waals surface area contributed by atoms with Gasteiger partial charge in [0, 0.05) is 18.4 Å². The molecule has 3 atom stereocenters. The summed E-state index contributed by atoms with van der Waals surface area (Å²) >= 11 is 0. The van der Waals surface area contributed by atoms with Crippen LogP contribution in [0.5, 0.6) is 0 Å². The number of likely N-dealkylation sites (tertiary alicyclic amines) is 1. The molecule has 1 N–H and O–H groups in total. The number of rotatable bonds is 4. The van der Waals surface area contributed by atoms with Gasteiger partial charge >= 0.3 is 0 Å². The molecule has 3 unspecified atom stereocenters. The molecule has 0 aliphatic carbocycles. The molecular weight excluding hydrogens is 264 g/mol. The van der Waals surface area contributed by atoms with Crippen molar-refractivity contribution in [1.29, 1.82) is 0 Å². The lowest BCUT2D eigenvalue weighted by Gasteiger charge is -2.23. The van der Waals surface area contributed by atoms with E-state index in [4.69, 9.17) is 0 Å². The molecular formula is C17H24N2O2. The van der Waals surface area contributed by atoms with E-state index < -0.39 is 0 Å². The highest BCUT2D eigenvalue weighted by molar-refractivity contribution is 6.04. The largest absolute Gasteiger partial charge is 0.312 e. The number of hydrogen-bond acceptors (Lipinski definition) is 3. The number of carbonyl (C=O) groups excluding carboxylic acids is 2. The molecule has 1 aliphatic heterocycles. The van der Waals surface area contributed by atoms with Gasteiger partial charge in [-0.3, -0.25) is 14.5 Å². The molecule has 0 radical (unpaired) electrons. The Balaban J connectivity index is 2.21. The molecule has 1 saturated heterocycles. The van der Waals surface area contributed by atoms with E-state index in [1.54, 1.807) is 0 Å². The minimum Gasteiger partial charge on any atom is -0.312 e. The molecule has 1 aliphatic rings. The molecule has 2 rings (SSSR count). The Morgan fingerprint density at radius 3 is 2.14 bits per heavy atom. The van der Waals surface area contributed by atoms with Crippen LogP contribution < -0.4 is 5.32 Å². The van der Waals surface area contributed by atoms with Gasteiger partial charge in [-0.05, 0) is 37.6 Å². The number of imide groups is 1. The summed E-state index contributed by atoms with van der Waals surface area (Å²) in [6, 6.07) is 6.22. The van der Waals surface area contributed by atoms with Crippen LogP contribution in [-0.4, -0.2) is 30.3 Å². The Morgan fingerprint density at radius 2 is 1.67 bits per heavy atom. The molecule has 0 spiro atoms. The number of aryl methyl sites for hydroxylation is 2. The lowest BCUT2D eigenvalue weighted by atomic mass is 10.00. The Bertz CT molecular complexity index is 548. The van der Waals surface area contributed by atoms with Crippen molar-refractivity contribution < 1.29 is 9.59 Å². The summed E-state index contributed by atoms with van der Waals surface area (Å²) in [6.07, 6.45) is 0. The van der Waals surface area contributed by atoms with Crippen LogP contribution in [0.1, 0.15) is 36.6 Å². The van der Waals surface area contributed by atoms with Gasteiger partial charge in [0.05, 0.1) is 6.04 Å². The summed E-state index contributed by atoms with van der Waals surface area (Å²) in [6.45, 7) is 8.20. The highest BCUT2D eigenvalue weighted by Gasteiger charge is 2.42. The van der Waals surface area contributed by atoms with Crippen molar-refractivity contribution in [1.82, 2.24) is 10.2 Å². The standard InChI is InChI=1S/C17H24N2O2/c1-10-6-7-14(8-11(10)2)15(18-5)9-19-16(20)12(3)13(4)17(19)21/h6-8,12-13,15,18H,9H2,1-5H3. The highest BCUT2D eigenvalue weighted by Crippen LogP contribution is 2.28. The fourth-order valence-corrected chi connectivity index (χ4v) is 2.74. The maximum Gasteiger partial charge on any atom is 0.232 e. The first kappa shape index (κ1) is 15.7. The third kappa shape index (κ3) is 2.86. The molecule has 0 bridgehead atoms. The van der Waals surface area contributed by atoms with Crippen molar-refractivity contribution in [3.05, 3.63) is 34.9 Å². The van der Waals surface area contributed by atoms with E-state index in [2.05, 4.69) is 37.4 Å². The number of benzene rings is 1. The van der Waals surface area contributed by atoms with Crippen molar-refractivity contribution in [2.45, 2.75) is 33.7 Å². The minimum absolute atomic E-state index is 0.0327. The summed E-state index contributed by atoms with van der Waals surface area (Å²) in [4.78, 5) is 25.8. The van der Waals surface area contributed by atoms with E-state index in [1.807, 2.05) is 20.9 Å². The molecule has 114 valence electrons. The van der Waals surface area contributed by atoms with Gasteiger partial charge in [-0.25, -0.2) is 0 Å². The first-order chi connectivity index (χ1) is 9.86. The smallest absolute Gasteiger partial charge is 0.232 e. The van der Waals surface area contributed by atoms with Crippen LogP contribution in [0.3, 0.4) is 0 Å². The van der Waals surface area contributed by atoms with Gasteiger partial charge in [-0.2, -0.15) is 0 Å². The second-order valence-electron chi connectivity index (χ2n) is 6.05. The number of likely N-dealkylation sites (N-methyl/N-ethyl adjacent to an activating group) is 1. The summed E-state index contributed by atoms with van der Waals surface area (Å²) in [5, 5.41) is 3.22. The number of nitrogens with one attached hydrogen (secondary N) is 1. The number of hydrogen-bond donors (Lipinski definition) is 1. The van der Waals surface area contributed by atoms with E-state index in [9.17, 15) is 9.59 Å². The highest BCUT2D eigenvalue weighted by atomic mass is 16.2. The summed E-state index contributed by atoms with van der Waals surface area (Å²) in [7, 11) is 1.86. The molecule has 4 heteroatoms. The van der Waals surface area contributed by atoms with Crippen LogP contribution in [0.4, 0.5) is 0 Å². The fourth-order valence-electron chi connectivity index (χ4n) is 2.74. The Hall–Kier alpha value is -1.68. The van der Waals surface area contributed by atoms with Crippen molar-refractivity contribution in [2.75, 3.05) is 13.6 Å². The molecule has 1 aromatic rings. The molecule has 1 fully saturated rings. The molecule has 0 saturated carbocycles. The second kappa shape index (κ2) is 5.98. The van der Waals surface area contributed by atoms with Crippen LogP contribution in [0.2, 0.25) is 0 Å². The lowest BCUT2D eigenvalue weighted by Crippen LogP contribution is -2.38. The molecule has 1 aromatic carbocycles. The minimum atomic E-state index is -0.213. The molecule has 0 aromatic heterocycles. The topological polar surface area (TPSA) is 49.4 Å². The third-order valence-corrected chi connectivity index (χ3v) is 4.71. The lowest BCUT2D eigenvalue weighted by molar-refractivity contribution is -0.140. The average Bonchev–Trinajstić information content (AvgIpc) is 2.64. The average molecular weight is 288 g/mol. The zero-order valence-corrected chi connectivity index (χ0v) is 13.4. The van der Waals surface area contributed by atoms with Crippen LogP contribution in [0.15, 0.2) is 18.2 Å². The van der Waals surface area contributed by atoms with Crippen molar-refractivity contribution in [3.63, 3.8) is 0 Å². The first-order valence-corrected chi connectivity index (χ1v) is 7.46. The summed E-state index contributed by atoms with van der Waals surface area (Å²) in [5.41, 5.74) is 3.56. The Labute approximate surface area is 126 Å². The van der Waals surface area contributed by atoms with E-state index in [0.29, 0.717) is 6.54 Å². The third-order valence-electron chi connectivity index (χ3n) is 4.71. The van der Waals surface area contributed by atoms with E-state index in [1.165, 1.54) is 16.0 Å². The van der Waals surface area contributed by atoms with Gasteiger partial charge in [0.15, 0.2) is 0 Å². The van der Waals surface area contributed by atoms with E-state index in [0.717, 1.165) is 5.56 Å². The SMILES string of the molecule is CNC(CN1C(=O)C(C)C(C)C1=O)c1ccc(C)c(C)c1. The van der Waals surface area contributed by atoms with Crippen molar-refractivity contribution in [2.24, 2.45) is 11.8 Å². The van der Waals surface area contributed by atoms with Crippen LogP contribution in [0, 0.1) is 25.7 Å². The first-order valence-electron chi connectivity index (χ1n) is 7.46. The van der Waals surface area contributed by atoms with Gasteiger partial charge in [0.25, 0.3) is 0 Å². The van der Waals surface area contributed by atoms with Gasteiger partial charge in [-0.15, -0.1) is 0 Å². The van der Waals surface area contributed by atoms with Gasteiger partial charge < -0.3 is 5.32 Å². The van der Waals surface area contributed by atoms with Crippen molar-refractivity contribution in [3.8, 4) is 0 Å². The van der Waals surface area contributed by atoms with Gasteiger partial charge in [0.2, 0.25) is 11.8 Å².